The predicted octanol–water partition coefficient (Wildman–Crippen LogP) is 1.38. The van der Waals surface area contributed by atoms with Crippen molar-refractivity contribution < 1.29 is 33.5 Å². The standard InChI is InChI=1S/C15H14FNO7/c1-8(18)23-11-6-7-12(19)24-15(11)14(20)13(16)9-2-4-10(5-3-9)17(21)22/h2-7,11,13-15,20H,1H3/t11-,13+,14-,15+/m0/s1. The molecule has 0 aliphatic carbocycles. The minimum absolute atomic E-state index is 0.0414. The number of cyclic esters (lactones) is 1. The van der Waals surface area contributed by atoms with Gasteiger partial charge in [0.2, 0.25) is 0 Å². The molecule has 8 nitrogen and oxygen atoms in total. The van der Waals surface area contributed by atoms with Crippen LogP contribution in [0.5, 0.6) is 0 Å². The Morgan fingerprint density at radius 3 is 2.58 bits per heavy atom. The van der Waals surface area contributed by atoms with Gasteiger partial charge in [0, 0.05) is 25.1 Å². The lowest BCUT2D eigenvalue weighted by Gasteiger charge is -2.31. The summed E-state index contributed by atoms with van der Waals surface area (Å²) in [6, 6.07) is 4.47. The lowest BCUT2D eigenvalue weighted by Crippen LogP contribution is -2.46. The van der Waals surface area contributed by atoms with Crippen molar-refractivity contribution in [2.45, 2.75) is 31.4 Å². The summed E-state index contributed by atoms with van der Waals surface area (Å²) in [7, 11) is 0. The van der Waals surface area contributed by atoms with E-state index in [1.165, 1.54) is 6.08 Å². The zero-order chi connectivity index (χ0) is 17.9. The third-order valence-corrected chi connectivity index (χ3v) is 3.36. The second-order valence-corrected chi connectivity index (χ2v) is 5.08. The number of aliphatic hydroxyl groups is 1. The van der Waals surface area contributed by atoms with Gasteiger partial charge in [-0.2, -0.15) is 0 Å². The molecule has 0 radical (unpaired) electrons. The smallest absolute Gasteiger partial charge is 0.331 e. The van der Waals surface area contributed by atoms with Gasteiger partial charge in [0.15, 0.2) is 18.4 Å². The Kier molecular flexibility index (Phi) is 5.24. The van der Waals surface area contributed by atoms with Gasteiger partial charge < -0.3 is 14.6 Å². The van der Waals surface area contributed by atoms with E-state index in [-0.39, 0.29) is 11.3 Å². The van der Waals surface area contributed by atoms with Crippen LogP contribution in [0.3, 0.4) is 0 Å². The van der Waals surface area contributed by atoms with Crippen LogP contribution in [0, 0.1) is 10.1 Å². The monoisotopic (exact) mass is 339 g/mol. The number of ether oxygens (including phenoxy) is 2. The molecule has 9 heteroatoms. The SMILES string of the molecule is CC(=O)O[C@H]1C=CC(=O)O[C@H]1[C@@H](O)[C@H](F)c1ccc([N+](=O)[O-])cc1. The molecule has 128 valence electrons. The van der Waals surface area contributed by atoms with E-state index in [0.717, 1.165) is 37.3 Å². The maximum Gasteiger partial charge on any atom is 0.331 e. The number of carbonyl (C=O) groups excluding carboxylic acids is 2. The first-order valence-corrected chi connectivity index (χ1v) is 6.92. The van der Waals surface area contributed by atoms with Crippen LogP contribution in [0.25, 0.3) is 0 Å². The fraction of sp³-hybridized carbons (Fsp3) is 0.333. The molecular formula is C15H14FNO7. The maximum absolute atomic E-state index is 14.5. The van der Waals surface area contributed by atoms with E-state index in [0.29, 0.717) is 0 Å². The Morgan fingerprint density at radius 2 is 2.04 bits per heavy atom. The molecule has 0 fully saturated rings. The van der Waals surface area contributed by atoms with Crippen LogP contribution in [0.15, 0.2) is 36.4 Å². The number of benzene rings is 1. The number of hydrogen-bond acceptors (Lipinski definition) is 7. The van der Waals surface area contributed by atoms with E-state index in [2.05, 4.69) is 0 Å². The summed E-state index contributed by atoms with van der Waals surface area (Å²) < 4.78 is 24.3. The summed E-state index contributed by atoms with van der Waals surface area (Å²) in [6.07, 6.45) is -4.19. The van der Waals surface area contributed by atoms with Crippen molar-refractivity contribution in [1.82, 2.24) is 0 Å². The normalized spacial score (nSPS) is 22.4. The van der Waals surface area contributed by atoms with Crippen molar-refractivity contribution in [2.24, 2.45) is 0 Å². The van der Waals surface area contributed by atoms with E-state index in [9.17, 15) is 29.2 Å². The average molecular weight is 339 g/mol. The summed E-state index contributed by atoms with van der Waals surface area (Å²) in [4.78, 5) is 32.3. The summed E-state index contributed by atoms with van der Waals surface area (Å²) in [6.45, 7) is 1.12. The molecule has 1 aromatic rings. The molecule has 1 aliphatic heterocycles. The number of nitrogens with zero attached hydrogens (tertiary/aromatic N) is 1. The number of esters is 2. The summed E-state index contributed by atoms with van der Waals surface area (Å²) in [5.41, 5.74) is -0.273. The molecular weight excluding hydrogens is 325 g/mol. The number of nitro groups is 1. The van der Waals surface area contributed by atoms with Crippen molar-refractivity contribution in [3.63, 3.8) is 0 Å². The van der Waals surface area contributed by atoms with Crippen molar-refractivity contribution >= 4 is 17.6 Å². The molecule has 0 spiro atoms. The fourth-order valence-corrected chi connectivity index (χ4v) is 2.23. The number of alkyl halides is 1. The minimum Gasteiger partial charge on any atom is -0.454 e. The van der Waals surface area contributed by atoms with Gasteiger partial charge in [-0.05, 0) is 23.8 Å². The number of non-ortho nitro benzene ring substituents is 1. The van der Waals surface area contributed by atoms with Crippen LogP contribution < -0.4 is 0 Å². The molecule has 0 saturated carbocycles. The summed E-state index contributed by atoms with van der Waals surface area (Å²) in [5, 5.41) is 20.8. The van der Waals surface area contributed by atoms with E-state index < -0.39 is 41.3 Å². The number of nitro benzene ring substituents is 1. The highest BCUT2D eigenvalue weighted by Crippen LogP contribution is 2.29. The van der Waals surface area contributed by atoms with Crippen molar-refractivity contribution in [3.05, 3.63) is 52.1 Å². The third-order valence-electron chi connectivity index (χ3n) is 3.36. The van der Waals surface area contributed by atoms with Crippen LogP contribution in [-0.2, 0) is 19.1 Å². The topological polar surface area (TPSA) is 116 Å². The van der Waals surface area contributed by atoms with Gasteiger partial charge in [-0.3, -0.25) is 14.9 Å². The van der Waals surface area contributed by atoms with Gasteiger partial charge in [-0.15, -0.1) is 0 Å². The Labute approximate surface area is 135 Å². The molecule has 0 saturated heterocycles. The molecule has 1 N–H and O–H groups in total. The molecule has 0 unspecified atom stereocenters. The predicted molar refractivity (Wildman–Crippen MR) is 77.5 cm³/mol. The van der Waals surface area contributed by atoms with Crippen molar-refractivity contribution in [1.29, 1.82) is 0 Å². The molecule has 1 aromatic carbocycles. The zero-order valence-corrected chi connectivity index (χ0v) is 12.5. The Balaban J connectivity index is 2.19. The number of carbonyl (C=O) groups is 2. The molecule has 24 heavy (non-hydrogen) atoms. The highest BCUT2D eigenvalue weighted by molar-refractivity contribution is 5.83. The molecule has 0 aromatic heterocycles. The van der Waals surface area contributed by atoms with Crippen LogP contribution >= 0.6 is 0 Å². The van der Waals surface area contributed by atoms with Crippen molar-refractivity contribution in [2.75, 3.05) is 0 Å². The number of hydrogen-bond donors (Lipinski definition) is 1. The first kappa shape index (κ1) is 17.5. The molecule has 2 rings (SSSR count). The summed E-state index contributed by atoms with van der Waals surface area (Å²) in [5.74, 6) is -1.50. The molecule has 4 atom stereocenters. The Bertz CT molecular complexity index is 673. The van der Waals surface area contributed by atoms with E-state index in [1.54, 1.807) is 0 Å². The first-order chi connectivity index (χ1) is 11.3. The maximum atomic E-state index is 14.5. The molecule has 1 aliphatic rings. The highest BCUT2D eigenvalue weighted by atomic mass is 19.1. The van der Waals surface area contributed by atoms with Crippen LogP contribution in [0.1, 0.15) is 18.7 Å². The molecule has 1 heterocycles. The lowest BCUT2D eigenvalue weighted by atomic mass is 9.96. The van der Waals surface area contributed by atoms with Gasteiger partial charge in [-0.1, -0.05) is 0 Å². The Hall–Kier alpha value is -2.81. The fourth-order valence-electron chi connectivity index (χ4n) is 2.23. The van der Waals surface area contributed by atoms with E-state index >= 15 is 0 Å². The zero-order valence-electron chi connectivity index (χ0n) is 12.5. The van der Waals surface area contributed by atoms with Crippen LogP contribution in [0.2, 0.25) is 0 Å². The van der Waals surface area contributed by atoms with Gasteiger partial charge >= 0.3 is 11.9 Å². The minimum atomic E-state index is -2.01. The van der Waals surface area contributed by atoms with Crippen LogP contribution in [-0.4, -0.2) is 40.3 Å². The molecule has 0 bridgehead atoms. The summed E-state index contributed by atoms with van der Waals surface area (Å²) >= 11 is 0. The average Bonchev–Trinajstić information content (AvgIpc) is 2.54. The van der Waals surface area contributed by atoms with Crippen LogP contribution in [0.4, 0.5) is 10.1 Å². The van der Waals surface area contributed by atoms with Gasteiger partial charge in [-0.25, -0.2) is 9.18 Å². The van der Waals surface area contributed by atoms with E-state index in [4.69, 9.17) is 9.47 Å². The van der Waals surface area contributed by atoms with E-state index in [1.807, 2.05) is 0 Å². The van der Waals surface area contributed by atoms with Gasteiger partial charge in [0.05, 0.1) is 4.92 Å². The third kappa shape index (κ3) is 3.93. The highest BCUT2D eigenvalue weighted by Gasteiger charge is 2.40. The molecule has 0 amide bonds. The van der Waals surface area contributed by atoms with Gasteiger partial charge in [0.1, 0.15) is 6.10 Å². The first-order valence-electron chi connectivity index (χ1n) is 6.92. The van der Waals surface area contributed by atoms with Gasteiger partial charge in [0.25, 0.3) is 5.69 Å². The Morgan fingerprint density at radius 1 is 1.42 bits per heavy atom. The number of aliphatic hydroxyl groups excluding tert-OH is 1. The second-order valence-electron chi connectivity index (χ2n) is 5.08. The second kappa shape index (κ2) is 7.18. The quantitative estimate of drug-likeness (QED) is 0.489. The number of rotatable bonds is 5. The number of halogens is 1. The van der Waals surface area contributed by atoms with Crippen molar-refractivity contribution in [3.8, 4) is 0 Å². The largest absolute Gasteiger partial charge is 0.454 e. The lowest BCUT2D eigenvalue weighted by molar-refractivity contribution is -0.384.